The van der Waals surface area contributed by atoms with Crippen molar-refractivity contribution >= 4 is 27.0 Å². The molecule has 0 fully saturated rings. The Morgan fingerprint density at radius 1 is 1.22 bits per heavy atom. The Labute approximate surface area is 107 Å². The average Bonchev–Trinajstić information content (AvgIpc) is 2.78. The van der Waals surface area contributed by atoms with Gasteiger partial charge in [-0.05, 0) is 17.7 Å². The van der Waals surface area contributed by atoms with Crippen LogP contribution >= 0.6 is 11.3 Å². The first-order valence-electron chi connectivity index (χ1n) is 4.75. The van der Waals surface area contributed by atoms with E-state index in [4.69, 9.17) is 5.14 Å². The van der Waals surface area contributed by atoms with Gasteiger partial charge in [-0.15, -0.1) is 11.3 Å². The number of rotatable bonds is 3. The first-order chi connectivity index (χ1) is 8.38. The monoisotopic (exact) mass is 284 g/mol. The molecule has 0 spiro atoms. The van der Waals surface area contributed by atoms with Crippen LogP contribution in [0.2, 0.25) is 0 Å². The zero-order valence-corrected chi connectivity index (χ0v) is 10.6. The predicted octanol–water partition coefficient (Wildman–Crippen LogP) is 1.97. The summed E-state index contributed by atoms with van der Waals surface area (Å²) in [5, 5.41) is 15.6. The molecule has 0 radical (unpaired) electrons. The van der Waals surface area contributed by atoms with E-state index in [1.165, 1.54) is 18.2 Å². The number of thiophene rings is 1. The molecule has 2 rings (SSSR count). The van der Waals surface area contributed by atoms with Gasteiger partial charge in [0, 0.05) is 17.0 Å². The molecule has 0 aliphatic rings. The standard InChI is InChI=1S/C10H8N2O4S2/c11-18(15,16)10-5-4-9(17-10)7-2-1-3-8(6-7)12(13)14/h1-6H,(H2,11,15,16). The third kappa shape index (κ3) is 2.55. The molecule has 0 atom stereocenters. The number of nitrogens with zero attached hydrogens (tertiary/aromatic N) is 1. The first-order valence-corrected chi connectivity index (χ1v) is 7.12. The maximum absolute atomic E-state index is 11.1. The minimum atomic E-state index is -3.73. The van der Waals surface area contributed by atoms with Crippen molar-refractivity contribution in [3.63, 3.8) is 0 Å². The Morgan fingerprint density at radius 3 is 2.50 bits per heavy atom. The molecule has 6 nitrogen and oxygen atoms in total. The van der Waals surface area contributed by atoms with Crippen LogP contribution in [0, 0.1) is 10.1 Å². The summed E-state index contributed by atoms with van der Waals surface area (Å²) in [6.45, 7) is 0. The molecule has 0 amide bonds. The zero-order valence-electron chi connectivity index (χ0n) is 8.94. The number of hydrogen-bond acceptors (Lipinski definition) is 5. The number of hydrogen-bond donors (Lipinski definition) is 1. The number of nitro groups is 1. The molecule has 0 bridgehead atoms. The van der Waals surface area contributed by atoms with Crippen molar-refractivity contribution in [3.05, 3.63) is 46.5 Å². The van der Waals surface area contributed by atoms with Crippen LogP contribution in [-0.2, 0) is 10.0 Å². The van der Waals surface area contributed by atoms with Gasteiger partial charge in [0.25, 0.3) is 5.69 Å². The van der Waals surface area contributed by atoms with Crippen LogP contribution in [0.5, 0.6) is 0 Å². The van der Waals surface area contributed by atoms with Crippen LogP contribution in [0.15, 0.2) is 40.6 Å². The highest BCUT2D eigenvalue weighted by molar-refractivity contribution is 7.91. The normalized spacial score (nSPS) is 11.4. The molecular formula is C10H8N2O4S2. The van der Waals surface area contributed by atoms with Gasteiger partial charge < -0.3 is 0 Å². The lowest BCUT2D eigenvalue weighted by Crippen LogP contribution is -2.09. The van der Waals surface area contributed by atoms with E-state index in [1.54, 1.807) is 18.2 Å². The van der Waals surface area contributed by atoms with Gasteiger partial charge in [0.2, 0.25) is 10.0 Å². The van der Waals surface area contributed by atoms with Gasteiger partial charge in [-0.25, -0.2) is 13.6 Å². The van der Waals surface area contributed by atoms with Crippen molar-refractivity contribution in [3.8, 4) is 10.4 Å². The Morgan fingerprint density at radius 2 is 1.94 bits per heavy atom. The second-order valence-electron chi connectivity index (χ2n) is 3.47. The van der Waals surface area contributed by atoms with Crippen molar-refractivity contribution in [1.82, 2.24) is 0 Å². The second kappa shape index (κ2) is 4.48. The molecule has 2 N–H and O–H groups in total. The van der Waals surface area contributed by atoms with Gasteiger partial charge in [-0.3, -0.25) is 10.1 Å². The third-order valence-electron chi connectivity index (χ3n) is 2.20. The molecule has 0 unspecified atom stereocenters. The van der Waals surface area contributed by atoms with Crippen LogP contribution < -0.4 is 5.14 Å². The molecule has 8 heteroatoms. The fourth-order valence-corrected chi connectivity index (χ4v) is 3.13. The van der Waals surface area contributed by atoms with Gasteiger partial charge in [-0.2, -0.15) is 0 Å². The summed E-state index contributed by atoms with van der Waals surface area (Å²) >= 11 is 0.978. The number of benzene rings is 1. The second-order valence-corrected chi connectivity index (χ2v) is 6.34. The van der Waals surface area contributed by atoms with E-state index in [0.717, 1.165) is 11.3 Å². The minimum Gasteiger partial charge on any atom is -0.258 e. The van der Waals surface area contributed by atoms with Crippen LogP contribution in [0.1, 0.15) is 0 Å². The van der Waals surface area contributed by atoms with Crippen molar-refractivity contribution < 1.29 is 13.3 Å². The molecule has 18 heavy (non-hydrogen) atoms. The summed E-state index contributed by atoms with van der Waals surface area (Å²) in [7, 11) is -3.73. The fraction of sp³-hybridized carbons (Fsp3) is 0. The summed E-state index contributed by atoms with van der Waals surface area (Å²) < 4.78 is 22.3. The molecule has 0 saturated carbocycles. The summed E-state index contributed by atoms with van der Waals surface area (Å²) in [6, 6.07) is 8.93. The van der Waals surface area contributed by atoms with Crippen LogP contribution in [0.4, 0.5) is 5.69 Å². The van der Waals surface area contributed by atoms with Gasteiger partial charge in [0.15, 0.2) is 0 Å². The summed E-state index contributed by atoms with van der Waals surface area (Å²) in [6.07, 6.45) is 0. The Kier molecular flexibility index (Phi) is 3.16. The number of nitrogens with two attached hydrogens (primary N) is 1. The maximum atomic E-state index is 11.1. The highest BCUT2D eigenvalue weighted by atomic mass is 32.2. The molecular weight excluding hydrogens is 276 g/mol. The van der Waals surface area contributed by atoms with E-state index in [-0.39, 0.29) is 9.90 Å². The lowest BCUT2D eigenvalue weighted by Gasteiger charge is -1.97. The summed E-state index contributed by atoms with van der Waals surface area (Å²) in [5.74, 6) is 0. The molecule has 2 aromatic rings. The van der Waals surface area contributed by atoms with Gasteiger partial charge in [0.1, 0.15) is 4.21 Å². The lowest BCUT2D eigenvalue weighted by atomic mass is 10.2. The van der Waals surface area contributed by atoms with E-state index in [9.17, 15) is 18.5 Å². The molecule has 0 aliphatic carbocycles. The predicted molar refractivity (Wildman–Crippen MR) is 67.8 cm³/mol. The Hall–Kier alpha value is -1.77. The van der Waals surface area contributed by atoms with Crippen molar-refractivity contribution in [1.29, 1.82) is 0 Å². The Balaban J connectivity index is 2.46. The largest absolute Gasteiger partial charge is 0.270 e. The maximum Gasteiger partial charge on any atom is 0.270 e. The average molecular weight is 284 g/mol. The third-order valence-corrected chi connectivity index (χ3v) is 4.78. The SMILES string of the molecule is NS(=O)(=O)c1ccc(-c2cccc([N+](=O)[O-])c2)s1. The topological polar surface area (TPSA) is 103 Å². The molecule has 1 heterocycles. The van der Waals surface area contributed by atoms with E-state index in [2.05, 4.69) is 0 Å². The number of sulfonamides is 1. The van der Waals surface area contributed by atoms with Gasteiger partial charge in [0.05, 0.1) is 4.92 Å². The smallest absolute Gasteiger partial charge is 0.258 e. The van der Waals surface area contributed by atoms with Crippen LogP contribution in [0.25, 0.3) is 10.4 Å². The minimum absolute atomic E-state index is 0.0315. The molecule has 94 valence electrons. The van der Waals surface area contributed by atoms with E-state index in [1.807, 2.05) is 0 Å². The summed E-state index contributed by atoms with van der Waals surface area (Å²) in [4.78, 5) is 10.8. The summed E-state index contributed by atoms with van der Waals surface area (Å²) in [5.41, 5.74) is 0.544. The lowest BCUT2D eigenvalue weighted by molar-refractivity contribution is -0.384. The molecule has 1 aromatic carbocycles. The number of non-ortho nitro benzene ring substituents is 1. The van der Waals surface area contributed by atoms with Crippen molar-refractivity contribution in [2.24, 2.45) is 5.14 Å². The molecule has 1 aromatic heterocycles. The molecule has 0 saturated heterocycles. The first kappa shape index (κ1) is 12.7. The quantitative estimate of drug-likeness (QED) is 0.687. The van der Waals surface area contributed by atoms with E-state index < -0.39 is 14.9 Å². The van der Waals surface area contributed by atoms with Crippen molar-refractivity contribution in [2.45, 2.75) is 4.21 Å². The van der Waals surface area contributed by atoms with Crippen LogP contribution in [0.3, 0.4) is 0 Å². The van der Waals surface area contributed by atoms with Crippen molar-refractivity contribution in [2.75, 3.05) is 0 Å². The van der Waals surface area contributed by atoms with E-state index in [0.29, 0.717) is 10.4 Å². The highest BCUT2D eigenvalue weighted by Gasteiger charge is 2.13. The van der Waals surface area contributed by atoms with Gasteiger partial charge in [-0.1, -0.05) is 12.1 Å². The number of primary sulfonamides is 1. The highest BCUT2D eigenvalue weighted by Crippen LogP contribution is 2.31. The van der Waals surface area contributed by atoms with Crippen LogP contribution in [-0.4, -0.2) is 13.3 Å². The fourth-order valence-electron chi connectivity index (χ4n) is 1.40. The van der Waals surface area contributed by atoms with Gasteiger partial charge >= 0.3 is 0 Å². The molecule has 0 aliphatic heterocycles. The van der Waals surface area contributed by atoms with E-state index >= 15 is 0 Å². The zero-order chi connectivity index (χ0) is 13.3. The number of nitro benzene ring substituents is 1. The Bertz CT molecular complexity index is 706.